The van der Waals surface area contributed by atoms with Crippen LogP contribution in [-0.4, -0.2) is 11.2 Å². The zero-order valence-electron chi connectivity index (χ0n) is 7.64. The Bertz CT molecular complexity index is 395. The minimum Gasteiger partial charge on any atom is -0.383 e. The number of alkyl halides is 1. The summed E-state index contributed by atoms with van der Waals surface area (Å²) in [6.07, 6.45) is 0.597. The summed E-state index contributed by atoms with van der Waals surface area (Å²) >= 11 is 3.04. The lowest BCUT2D eigenvalue weighted by Gasteiger charge is -2.06. The lowest BCUT2D eigenvalue weighted by atomic mass is 10.1. The molecule has 1 aromatic rings. The quantitative estimate of drug-likeness (QED) is 0.395. The second-order valence-electron chi connectivity index (χ2n) is 2.75. The molecular formula is C9H8BrN2O3. The van der Waals surface area contributed by atoms with Crippen molar-refractivity contribution < 1.29 is 9.72 Å². The lowest BCUT2D eigenvalue weighted by Crippen LogP contribution is -1.99. The van der Waals surface area contributed by atoms with Crippen molar-refractivity contribution in [3.63, 3.8) is 0 Å². The molecule has 1 N–H and O–H groups in total. The Morgan fingerprint density at radius 3 is 2.73 bits per heavy atom. The molecule has 0 aliphatic heterocycles. The molecule has 1 atom stereocenters. The third-order valence-corrected chi connectivity index (χ3v) is 2.56. The van der Waals surface area contributed by atoms with Gasteiger partial charge in [-0.05, 0) is 12.1 Å². The van der Waals surface area contributed by atoms with Crippen molar-refractivity contribution in [2.24, 2.45) is 0 Å². The highest BCUT2D eigenvalue weighted by molar-refractivity contribution is 9.09. The number of hydrogen-bond acceptors (Lipinski definition) is 4. The van der Waals surface area contributed by atoms with E-state index in [0.29, 0.717) is 17.5 Å². The molecule has 0 heterocycles. The number of benzene rings is 1. The fraction of sp³-hybridized carbons (Fsp3) is 0.111. The Hall–Kier alpha value is -1.43. The van der Waals surface area contributed by atoms with Crippen LogP contribution < -0.4 is 5.32 Å². The van der Waals surface area contributed by atoms with E-state index in [2.05, 4.69) is 28.3 Å². The zero-order chi connectivity index (χ0) is 11.4. The summed E-state index contributed by atoms with van der Waals surface area (Å²) in [5.74, 6) is 0. The summed E-state index contributed by atoms with van der Waals surface area (Å²) in [5.41, 5.74) is 0.739. The van der Waals surface area contributed by atoms with Crippen LogP contribution in [0, 0.1) is 17.2 Å². The van der Waals surface area contributed by atoms with Gasteiger partial charge in [0.15, 0.2) is 0 Å². The van der Waals surface area contributed by atoms with E-state index in [1.165, 1.54) is 12.1 Å². The van der Waals surface area contributed by atoms with Crippen molar-refractivity contribution in [2.45, 2.75) is 4.83 Å². The Balaban J connectivity index is 3.26. The van der Waals surface area contributed by atoms with Crippen molar-refractivity contribution in [3.8, 4) is 0 Å². The average molecular weight is 272 g/mol. The van der Waals surface area contributed by atoms with Crippen molar-refractivity contribution in [1.82, 2.24) is 0 Å². The molecule has 79 valence electrons. The first kappa shape index (κ1) is 11.6. The Morgan fingerprint density at radius 1 is 1.60 bits per heavy atom. The summed E-state index contributed by atoms with van der Waals surface area (Å²) in [6.45, 7) is 0. The molecule has 0 aliphatic carbocycles. The number of carbonyl (C=O) groups is 1. The zero-order valence-corrected chi connectivity index (χ0v) is 9.23. The van der Waals surface area contributed by atoms with Gasteiger partial charge in [0.1, 0.15) is 11.1 Å². The number of nitro groups is 1. The predicted molar refractivity (Wildman–Crippen MR) is 59.8 cm³/mol. The van der Waals surface area contributed by atoms with E-state index in [4.69, 9.17) is 0 Å². The molecule has 6 heteroatoms. The fourth-order valence-electron chi connectivity index (χ4n) is 1.12. The highest BCUT2D eigenvalue weighted by Gasteiger charge is 2.19. The van der Waals surface area contributed by atoms with Crippen molar-refractivity contribution in [2.75, 3.05) is 5.32 Å². The van der Waals surface area contributed by atoms with Gasteiger partial charge in [-0.3, -0.25) is 10.1 Å². The molecule has 1 unspecified atom stereocenters. The van der Waals surface area contributed by atoms with Gasteiger partial charge in [-0.1, -0.05) is 15.9 Å². The standard InChI is InChI=1S/C9H8BrN2O3/c1-11-6-2-3-7(8(10)5-13)9(4-6)12(14)15/h2-5,8,11H,1H2. The van der Waals surface area contributed by atoms with Crippen LogP contribution in [0.2, 0.25) is 0 Å². The Labute approximate surface area is 94.8 Å². The van der Waals surface area contributed by atoms with Crippen LogP contribution in [0.3, 0.4) is 0 Å². The molecule has 15 heavy (non-hydrogen) atoms. The van der Waals surface area contributed by atoms with E-state index in [0.717, 1.165) is 0 Å². The minimum atomic E-state index is -0.670. The van der Waals surface area contributed by atoms with E-state index in [1.54, 1.807) is 6.07 Å². The number of hydrogen-bond donors (Lipinski definition) is 1. The molecule has 1 aromatic carbocycles. The topological polar surface area (TPSA) is 72.2 Å². The molecule has 0 amide bonds. The van der Waals surface area contributed by atoms with E-state index in [-0.39, 0.29) is 5.69 Å². The summed E-state index contributed by atoms with van der Waals surface area (Å²) in [4.78, 5) is 20.1. The predicted octanol–water partition coefficient (Wildman–Crippen LogP) is 2.43. The number of nitrogens with zero attached hydrogens (tertiary/aromatic N) is 1. The van der Waals surface area contributed by atoms with E-state index >= 15 is 0 Å². The van der Waals surface area contributed by atoms with Gasteiger partial charge in [-0.25, -0.2) is 0 Å². The monoisotopic (exact) mass is 271 g/mol. The summed E-state index contributed by atoms with van der Waals surface area (Å²) in [7, 11) is 3.40. The normalized spacial score (nSPS) is 11.9. The number of carbonyl (C=O) groups excluding carboxylic acids is 1. The Kier molecular flexibility index (Phi) is 3.79. The number of aldehydes is 1. The largest absolute Gasteiger partial charge is 0.383 e. The number of halogens is 1. The molecule has 5 nitrogen and oxygen atoms in total. The highest BCUT2D eigenvalue weighted by Crippen LogP contribution is 2.31. The maximum absolute atomic E-state index is 10.7. The van der Waals surface area contributed by atoms with Gasteiger partial charge in [0.25, 0.3) is 5.69 Å². The van der Waals surface area contributed by atoms with Gasteiger partial charge in [0.2, 0.25) is 0 Å². The third kappa shape index (κ3) is 2.53. The average Bonchev–Trinajstić information content (AvgIpc) is 2.27. The maximum Gasteiger partial charge on any atom is 0.276 e. The molecule has 0 saturated carbocycles. The summed E-state index contributed by atoms with van der Waals surface area (Å²) in [5, 5.41) is 13.3. The first-order valence-corrected chi connectivity index (χ1v) is 4.92. The van der Waals surface area contributed by atoms with Gasteiger partial charge < -0.3 is 10.1 Å². The molecule has 0 spiro atoms. The van der Waals surface area contributed by atoms with Gasteiger partial charge in [-0.2, -0.15) is 0 Å². The molecule has 1 rings (SSSR count). The molecule has 0 saturated heterocycles. The van der Waals surface area contributed by atoms with Gasteiger partial charge >= 0.3 is 0 Å². The second kappa shape index (κ2) is 4.88. The smallest absolute Gasteiger partial charge is 0.276 e. The molecule has 0 fully saturated rings. The summed E-state index contributed by atoms with van der Waals surface area (Å²) in [6, 6.07) is 4.46. The van der Waals surface area contributed by atoms with E-state index < -0.39 is 9.75 Å². The van der Waals surface area contributed by atoms with Gasteiger partial charge in [0.05, 0.1) is 10.5 Å². The first-order valence-electron chi connectivity index (χ1n) is 4.01. The van der Waals surface area contributed by atoms with Crippen LogP contribution in [0.4, 0.5) is 11.4 Å². The highest BCUT2D eigenvalue weighted by atomic mass is 79.9. The number of nitrogens with one attached hydrogen (secondary N) is 1. The van der Waals surface area contributed by atoms with Gasteiger partial charge in [0, 0.05) is 18.8 Å². The second-order valence-corrected chi connectivity index (χ2v) is 3.73. The summed E-state index contributed by atoms with van der Waals surface area (Å²) < 4.78 is 0. The lowest BCUT2D eigenvalue weighted by molar-refractivity contribution is -0.385. The van der Waals surface area contributed by atoms with Crippen LogP contribution in [0.25, 0.3) is 0 Å². The SMILES string of the molecule is [CH2]Nc1ccc(C(Br)C=O)c([N+](=O)[O-])c1. The molecular weight excluding hydrogens is 264 g/mol. The fourth-order valence-corrected chi connectivity index (χ4v) is 1.51. The Morgan fingerprint density at radius 2 is 2.27 bits per heavy atom. The molecule has 0 aromatic heterocycles. The molecule has 1 radical (unpaired) electrons. The van der Waals surface area contributed by atoms with Crippen LogP contribution in [-0.2, 0) is 4.79 Å². The van der Waals surface area contributed by atoms with Crippen molar-refractivity contribution >= 4 is 33.6 Å². The number of nitro benzene ring substituents is 1. The van der Waals surface area contributed by atoms with Crippen LogP contribution >= 0.6 is 15.9 Å². The van der Waals surface area contributed by atoms with Crippen LogP contribution in [0.5, 0.6) is 0 Å². The maximum atomic E-state index is 10.7. The third-order valence-electron chi connectivity index (χ3n) is 1.85. The van der Waals surface area contributed by atoms with Crippen LogP contribution in [0.1, 0.15) is 10.4 Å². The van der Waals surface area contributed by atoms with E-state index in [1.807, 2.05) is 0 Å². The molecule has 0 bridgehead atoms. The van der Waals surface area contributed by atoms with Gasteiger partial charge in [-0.15, -0.1) is 0 Å². The van der Waals surface area contributed by atoms with Crippen LogP contribution in [0.15, 0.2) is 18.2 Å². The van der Waals surface area contributed by atoms with E-state index in [9.17, 15) is 14.9 Å². The molecule has 0 aliphatic rings. The first-order chi connectivity index (χ1) is 7.10. The van der Waals surface area contributed by atoms with Crippen molar-refractivity contribution in [3.05, 3.63) is 40.9 Å². The van der Waals surface area contributed by atoms with Crippen molar-refractivity contribution in [1.29, 1.82) is 0 Å². The number of anilines is 1. The number of rotatable bonds is 4. The minimum absolute atomic E-state index is 0.113.